The minimum atomic E-state index is -3.60. The van der Waals surface area contributed by atoms with Crippen molar-refractivity contribution >= 4 is 21.1 Å². The van der Waals surface area contributed by atoms with Crippen LogP contribution < -0.4 is 9.46 Å². The van der Waals surface area contributed by atoms with Crippen LogP contribution in [0.1, 0.15) is 26.1 Å². The molecule has 0 spiro atoms. The lowest BCUT2D eigenvalue weighted by atomic mass is 10.3. The zero-order valence-electron chi connectivity index (χ0n) is 18.7. The quantitative estimate of drug-likeness (QED) is 0.491. The van der Waals surface area contributed by atoms with Crippen molar-refractivity contribution in [2.24, 2.45) is 0 Å². The molecule has 0 amide bonds. The van der Waals surface area contributed by atoms with Gasteiger partial charge in [-0.25, -0.2) is 18.1 Å². The number of nitrogens with zero attached hydrogens (tertiary/aromatic N) is 3. The molecule has 0 saturated carbocycles. The third kappa shape index (κ3) is 6.29. The fourth-order valence-corrected chi connectivity index (χ4v) is 4.49. The molecular formula is C23H32N4O3S. The van der Waals surface area contributed by atoms with E-state index in [1.807, 2.05) is 32.0 Å². The number of benzene rings is 2. The maximum absolute atomic E-state index is 12.7. The van der Waals surface area contributed by atoms with E-state index in [0.29, 0.717) is 12.2 Å². The maximum Gasteiger partial charge on any atom is 0.240 e. The fourth-order valence-electron chi connectivity index (χ4n) is 3.46. The molecule has 0 unspecified atom stereocenters. The van der Waals surface area contributed by atoms with Gasteiger partial charge in [0.15, 0.2) is 0 Å². The molecule has 7 nitrogen and oxygen atoms in total. The highest BCUT2D eigenvalue weighted by atomic mass is 32.2. The Labute approximate surface area is 185 Å². The summed E-state index contributed by atoms with van der Waals surface area (Å²) in [4.78, 5) is 7.12. The van der Waals surface area contributed by atoms with E-state index in [0.717, 1.165) is 36.4 Å². The summed E-state index contributed by atoms with van der Waals surface area (Å²) in [7, 11) is 0.521. The molecule has 0 bridgehead atoms. The molecule has 0 aliphatic rings. The van der Waals surface area contributed by atoms with Gasteiger partial charge in [-0.1, -0.05) is 12.1 Å². The van der Waals surface area contributed by atoms with Crippen LogP contribution >= 0.6 is 0 Å². The maximum atomic E-state index is 12.7. The summed E-state index contributed by atoms with van der Waals surface area (Å²) in [6, 6.07) is 14.5. The highest BCUT2D eigenvalue weighted by Crippen LogP contribution is 2.19. The summed E-state index contributed by atoms with van der Waals surface area (Å²) in [6.07, 6.45) is 1.55. The Morgan fingerprint density at radius 3 is 2.48 bits per heavy atom. The molecule has 8 heteroatoms. The van der Waals surface area contributed by atoms with E-state index in [-0.39, 0.29) is 17.5 Å². The number of hydrogen-bond donors (Lipinski definition) is 1. The van der Waals surface area contributed by atoms with E-state index in [1.165, 1.54) is 0 Å². The van der Waals surface area contributed by atoms with Crippen LogP contribution in [0.25, 0.3) is 11.0 Å². The molecule has 1 heterocycles. The first kappa shape index (κ1) is 23.2. The second kappa shape index (κ2) is 10.3. The van der Waals surface area contributed by atoms with Crippen molar-refractivity contribution in [3.05, 3.63) is 54.4 Å². The number of sulfonamides is 1. The van der Waals surface area contributed by atoms with Crippen LogP contribution in [-0.4, -0.2) is 56.2 Å². The van der Waals surface area contributed by atoms with Crippen molar-refractivity contribution < 1.29 is 13.2 Å². The standard InChI is InChI=1S/C23H32N4O3S/c1-18(2)30-19-10-12-20(13-11-19)31(28,29)24-15-14-23-25-21-8-5-6-9-22(21)27(23)17-7-16-26(3)4/h5-6,8-13,18,24H,7,14-17H2,1-4H3. The number of rotatable bonds is 11. The predicted molar refractivity (Wildman–Crippen MR) is 124 cm³/mol. The van der Waals surface area contributed by atoms with Crippen molar-refractivity contribution in [2.75, 3.05) is 27.2 Å². The minimum absolute atomic E-state index is 0.0394. The molecule has 2 aromatic carbocycles. The molecule has 0 aliphatic heterocycles. The highest BCUT2D eigenvalue weighted by molar-refractivity contribution is 7.89. The average Bonchev–Trinajstić information content (AvgIpc) is 3.05. The van der Waals surface area contributed by atoms with Crippen molar-refractivity contribution in [1.82, 2.24) is 19.2 Å². The second-order valence-electron chi connectivity index (χ2n) is 8.11. The first-order valence-corrected chi connectivity index (χ1v) is 12.1. The Balaban J connectivity index is 1.67. The smallest absolute Gasteiger partial charge is 0.240 e. The molecule has 0 atom stereocenters. The normalized spacial score (nSPS) is 12.2. The Morgan fingerprint density at radius 2 is 1.81 bits per heavy atom. The van der Waals surface area contributed by atoms with Crippen LogP contribution in [0.3, 0.4) is 0 Å². The number of para-hydroxylation sites is 2. The zero-order valence-corrected chi connectivity index (χ0v) is 19.5. The van der Waals surface area contributed by atoms with Gasteiger partial charge in [-0.15, -0.1) is 0 Å². The molecule has 3 aromatic rings. The first-order valence-electron chi connectivity index (χ1n) is 10.6. The largest absolute Gasteiger partial charge is 0.491 e. The van der Waals surface area contributed by atoms with Gasteiger partial charge in [-0.05, 0) is 77.3 Å². The van der Waals surface area contributed by atoms with Gasteiger partial charge >= 0.3 is 0 Å². The number of ether oxygens (including phenoxy) is 1. The lowest BCUT2D eigenvalue weighted by molar-refractivity contribution is 0.242. The molecule has 0 radical (unpaired) electrons. The number of aromatic nitrogens is 2. The second-order valence-corrected chi connectivity index (χ2v) is 9.88. The van der Waals surface area contributed by atoms with Gasteiger partial charge in [0.2, 0.25) is 10.0 Å². The molecular weight excluding hydrogens is 412 g/mol. The van der Waals surface area contributed by atoms with Gasteiger partial charge in [0.05, 0.1) is 22.0 Å². The Hall–Kier alpha value is -2.42. The van der Waals surface area contributed by atoms with E-state index in [1.54, 1.807) is 24.3 Å². The fraction of sp³-hybridized carbons (Fsp3) is 0.435. The number of nitrogens with one attached hydrogen (secondary N) is 1. The molecule has 0 aliphatic carbocycles. The van der Waals surface area contributed by atoms with Crippen molar-refractivity contribution in [2.45, 2.75) is 44.2 Å². The lowest BCUT2D eigenvalue weighted by Crippen LogP contribution is -2.27. The van der Waals surface area contributed by atoms with Gasteiger partial charge in [-0.2, -0.15) is 0 Å². The summed E-state index contributed by atoms with van der Waals surface area (Å²) < 4.78 is 35.8. The van der Waals surface area contributed by atoms with Gasteiger partial charge in [-0.3, -0.25) is 0 Å². The average molecular weight is 445 g/mol. The van der Waals surface area contributed by atoms with Crippen LogP contribution in [0, 0.1) is 0 Å². The molecule has 0 fully saturated rings. The topological polar surface area (TPSA) is 76.5 Å². The van der Waals surface area contributed by atoms with Gasteiger partial charge in [0.1, 0.15) is 11.6 Å². The first-order chi connectivity index (χ1) is 14.8. The van der Waals surface area contributed by atoms with Crippen molar-refractivity contribution in [1.29, 1.82) is 0 Å². The summed E-state index contributed by atoms with van der Waals surface area (Å²) in [5.74, 6) is 1.55. The van der Waals surface area contributed by atoms with Crippen LogP contribution in [0.5, 0.6) is 5.75 Å². The third-order valence-electron chi connectivity index (χ3n) is 4.87. The van der Waals surface area contributed by atoms with Crippen molar-refractivity contribution in [3.8, 4) is 5.75 Å². The minimum Gasteiger partial charge on any atom is -0.491 e. The van der Waals surface area contributed by atoms with E-state index < -0.39 is 10.0 Å². The third-order valence-corrected chi connectivity index (χ3v) is 6.34. The van der Waals surface area contributed by atoms with E-state index in [4.69, 9.17) is 9.72 Å². The molecule has 1 aromatic heterocycles. The highest BCUT2D eigenvalue weighted by Gasteiger charge is 2.16. The summed E-state index contributed by atoms with van der Waals surface area (Å²) in [5, 5.41) is 0. The molecule has 168 valence electrons. The predicted octanol–water partition coefficient (Wildman–Crippen LogP) is 3.30. The zero-order chi connectivity index (χ0) is 22.4. The SMILES string of the molecule is CC(C)Oc1ccc(S(=O)(=O)NCCc2nc3ccccc3n2CCCN(C)C)cc1. The number of imidazole rings is 1. The van der Waals surface area contributed by atoms with Crippen LogP contribution in [0.4, 0.5) is 0 Å². The lowest BCUT2D eigenvalue weighted by Gasteiger charge is -2.13. The molecule has 3 rings (SSSR count). The van der Waals surface area contributed by atoms with E-state index in [2.05, 4.69) is 34.4 Å². The summed E-state index contributed by atoms with van der Waals surface area (Å²) >= 11 is 0. The Kier molecular flexibility index (Phi) is 7.69. The monoisotopic (exact) mass is 444 g/mol. The number of hydrogen-bond acceptors (Lipinski definition) is 5. The number of fused-ring (bicyclic) bond motifs is 1. The van der Waals surface area contributed by atoms with E-state index in [9.17, 15) is 8.42 Å². The Bertz CT molecular complexity index is 1090. The number of aryl methyl sites for hydroxylation is 1. The van der Waals surface area contributed by atoms with Crippen molar-refractivity contribution in [3.63, 3.8) is 0 Å². The van der Waals surface area contributed by atoms with Gasteiger partial charge in [0.25, 0.3) is 0 Å². The van der Waals surface area contributed by atoms with Crippen LogP contribution in [0.15, 0.2) is 53.4 Å². The van der Waals surface area contributed by atoms with Gasteiger partial charge in [0, 0.05) is 19.5 Å². The van der Waals surface area contributed by atoms with E-state index >= 15 is 0 Å². The molecule has 1 N–H and O–H groups in total. The van der Waals surface area contributed by atoms with Gasteiger partial charge < -0.3 is 14.2 Å². The summed E-state index contributed by atoms with van der Waals surface area (Å²) in [6.45, 7) is 5.97. The Morgan fingerprint density at radius 1 is 1.10 bits per heavy atom. The van der Waals surface area contributed by atoms with Crippen LogP contribution in [0.2, 0.25) is 0 Å². The van der Waals surface area contributed by atoms with Crippen LogP contribution in [-0.2, 0) is 23.0 Å². The summed E-state index contributed by atoms with van der Waals surface area (Å²) in [5.41, 5.74) is 2.02. The molecule has 0 saturated heterocycles. The molecule has 31 heavy (non-hydrogen) atoms.